The van der Waals surface area contributed by atoms with Crippen molar-refractivity contribution in [3.63, 3.8) is 0 Å². The lowest BCUT2D eigenvalue weighted by atomic mass is 10.0. The van der Waals surface area contributed by atoms with Crippen molar-refractivity contribution < 1.29 is 42.9 Å². The predicted molar refractivity (Wildman–Crippen MR) is 178 cm³/mol. The SMILES string of the molecule is C=CCOC(=O)CC[C@H](NC(=O)[C@H](CSCCOC(=O)CCCCCCCCCCCCC)CC(=O)OC(C)(C)C)C(=O)OC. The predicted octanol–water partition coefficient (Wildman–Crippen LogP) is 6.48. The number of carbonyl (C=O) groups excluding carboxylic acids is 5. The van der Waals surface area contributed by atoms with Gasteiger partial charge in [-0.3, -0.25) is 19.2 Å². The average molecular weight is 658 g/mol. The summed E-state index contributed by atoms with van der Waals surface area (Å²) in [4.78, 5) is 62.1. The van der Waals surface area contributed by atoms with Gasteiger partial charge in [0, 0.05) is 24.3 Å². The molecule has 0 aromatic heterocycles. The first-order valence-electron chi connectivity index (χ1n) is 16.5. The van der Waals surface area contributed by atoms with Crippen molar-refractivity contribution in [1.82, 2.24) is 5.32 Å². The summed E-state index contributed by atoms with van der Waals surface area (Å²) >= 11 is 1.36. The second-order valence-electron chi connectivity index (χ2n) is 12.2. The topological polar surface area (TPSA) is 134 Å². The third-order valence-corrected chi connectivity index (χ3v) is 7.89. The highest BCUT2D eigenvalue weighted by Crippen LogP contribution is 2.18. The molecule has 0 saturated heterocycles. The maximum atomic E-state index is 13.2. The summed E-state index contributed by atoms with van der Waals surface area (Å²) in [7, 11) is 1.18. The molecule has 0 spiro atoms. The highest BCUT2D eigenvalue weighted by Gasteiger charge is 2.30. The number of unbranched alkanes of at least 4 members (excludes halogenated alkanes) is 10. The van der Waals surface area contributed by atoms with E-state index >= 15 is 0 Å². The van der Waals surface area contributed by atoms with Crippen LogP contribution in [0.25, 0.3) is 0 Å². The van der Waals surface area contributed by atoms with E-state index in [1.54, 1.807) is 20.8 Å². The fraction of sp³-hybridized carbons (Fsp3) is 0.794. The molecule has 11 heteroatoms. The molecule has 10 nitrogen and oxygen atoms in total. The molecule has 0 aliphatic carbocycles. The van der Waals surface area contributed by atoms with Gasteiger partial charge in [-0.15, -0.1) is 0 Å². The Hall–Kier alpha value is -2.56. The molecule has 260 valence electrons. The number of rotatable bonds is 27. The zero-order valence-corrected chi connectivity index (χ0v) is 29.3. The third kappa shape index (κ3) is 25.3. The van der Waals surface area contributed by atoms with Crippen LogP contribution in [0.1, 0.15) is 124 Å². The summed E-state index contributed by atoms with van der Waals surface area (Å²) in [5, 5.41) is 2.61. The summed E-state index contributed by atoms with van der Waals surface area (Å²) in [5.41, 5.74) is -0.728. The van der Waals surface area contributed by atoms with Crippen molar-refractivity contribution >= 4 is 41.5 Å². The van der Waals surface area contributed by atoms with Crippen molar-refractivity contribution in [3.8, 4) is 0 Å². The maximum Gasteiger partial charge on any atom is 0.328 e. The quantitative estimate of drug-likeness (QED) is 0.0453. The van der Waals surface area contributed by atoms with Crippen LogP contribution in [0.4, 0.5) is 0 Å². The van der Waals surface area contributed by atoms with Crippen LogP contribution in [0, 0.1) is 5.92 Å². The Morgan fingerprint density at radius 1 is 0.822 bits per heavy atom. The average Bonchev–Trinajstić information content (AvgIpc) is 2.98. The third-order valence-electron chi connectivity index (χ3n) is 6.80. The molecule has 0 aliphatic heterocycles. The zero-order valence-electron chi connectivity index (χ0n) is 28.5. The van der Waals surface area contributed by atoms with Crippen molar-refractivity contribution in [3.05, 3.63) is 12.7 Å². The first-order valence-corrected chi connectivity index (χ1v) is 17.7. The van der Waals surface area contributed by atoms with Gasteiger partial charge >= 0.3 is 23.9 Å². The second kappa shape index (κ2) is 26.6. The van der Waals surface area contributed by atoms with Gasteiger partial charge in [0.15, 0.2) is 0 Å². The van der Waals surface area contributed by atoms with Crippen LogP contribution >= 0.6 is 11.8 Å². The molecular formula is C34H59NO9S. The Morgan fingerprint density at radius 3 is 1.96 bits per heavy atom. The van der Waals surface area contributed by atoms with E-state index in [0.29, 0.717) is 12.2 Å². The van der Waals surface area contributed by atoms with E-state index in [9.17, 15) is 24.0 Å². The van der Waals surface area contributed by atoms with E-state index in [0.717, 1.165) is 19.3 Å². The fourth-order valence-electron chi connectivity index (χ4n) is 4.42. The van der Waals surface area contributed by atoms with Crippen LogP contribution < -0.4 is 5.32 Å². The Balaban J connectivity index is 4.65. The lowest BCUT2D eigenvalue weighted by Gasteiger charge is -2.23. The highest BCUT2D eigenvalue weighted by molar-refractivity contribution is 7.99. The summed E-state index contributed by atoms with van der Waals surface area (Å²) in [5.74, 6) is -2.74. The molecule has 2 atom stereocenters. The van der Waals surface area contributed by atoms with Crippen LogP contribution in [-0.2, 0) is 42.9 Å². The summed E-state index contributed by atoms with van der Waals surface area (Å²) in [6, 6.07) is -1.10. The minimum Gasteiger partial charge on any atom is -0.467 e. The van der Waals surface area contributed by atoms with Gasteiger partial charge < -0.3 is 24.3 Å². The number of thioether (sulfide) groups is 1. The van der Waals surface area contributed by atoms with Crippen molar-refractivity contribution in [2.75, 3.05) is 31.8 Å². The standard InChI is InChI=1S/C34H59NO9S/c1-7-9-10-11-12-13-14-15-16-17-18-19-29(36)43-23-24-45-26-27(25-31(38)44-34(3,4)5)32(39)35-28(33(40)41-6)20-21-30(37)42-22-8-2/h8,27-28H,2,7,9-26H2,1,3-6H3,(H,35,39)/t27-,28-/m0/s1. The molecule has 0 aromatic rings. The molecule has 0 saturated carbocycles. The van der Waals surface area contributed by atoms with Crippen LogP contribution in [0.2, 0.25) is 0 Å². The fourth-order valence-corrected chi connectivity index (χ4v) is 5.35. The minimum atomic E-state index is -1.10. The normalized spacial score (nSPS) is 12.5. The number of amides is 1. The Kier molecular flexibility index (Phi) is 25.1. The van der Waals surface area contributed by atoms with Crippen LogP contribution in [0.3, 0.4) is 0 Å². The Morgan fingerprint density at radius 2 is 1.40 bits per heavy atom. The van der Waals surface area contributed by atoms with Gasteiger partial charge in [-0.05, 0) is 33.6 Å². The molecule has 0 aliphatic rings. The van der Waals surface area contributed by atoms with E-state index in [-0.39, 0.29) is 44.2 Å². The largest absolute Gasteiger partial charge is 0.467 e. The minimum absolute atomic E-state index is 0.0320. The lowest BCUT2D eigenvalue weighted by Crippen LogP contribution is -2.45. The van der Waals surface area contributed by atoms with Crippen molar-refractivity contribution in [1.29, 1.82) is 0 Å². The van der Waals surface area contributed by atoms with Crippen LogP contribution in [-0.4, -0.2) is 73.3 Å². The molecule has 0 radical (unpaired) electrons. The molecule has 0 aromatic carbocycles. The molecule has 1 N–H and O–H groups in total. The maximum absolute atomic E-state index is 13.2. The number of hydrogen-bond acceptors (Lipinski definition) is 10. The number of carbonyl (C=O) groups is 5. The van der Waals surface area contributed by atoms with Gasteiger partial charge in [0.05, 0.1) is 19.4 Å². The van der Waals surface area contributed by atoms with Gasteiger partial charge in [-0.1, -0.05) is 83.8 Å². The highest BCUT2D eigenvalue weighted by atomic mass is 32.2. The van der Waals surface area contributed by atoms with Gasteiger partial charge in [0.25, 0.3) is 0 Å². The smallest absolute Gasteiger partial charge is 0.328 e. The van der Waals surface area contributed by atoms with Gasteiger partial charge in [-0.2, -0.15) is 11.8 Å². The van der Waals surface area contributed by atoms with E-state index in [1.165, 1.54) is 76.3 Å². The van der Waals surface area contributed by atoms with Crippen LogP contribution in [0.5, 0.6) is 0 Å². The summed E-state index contributed by atoms with van der Waals surface area (Å²) in [6.45, 7) is 11.1. The number of ether oxygens (including phenoxy) is 4. The van der Waals surface area contributed by atoms with E-state index in [4.69, 9.17) is 18.9 Å². The zero-order chi connectivity index (χ0) is 33.9. The summed E-state index contributed by atoms with van der Waals surface area (Å²) < 4.78 is 20.5. The molecular weight excluding hydrogens is 598 g/mol. The second-order valence-corrected chi connectivity index (χ2v) is 13.3. The number of methoxy groups -OCH3 is 1. The molecule has 0 heterocycles. The molecule has 0 fully saturated rings. The Labute approximate surface area is 275 Å². The number of esters is 4. The van der Waals surface area contributed by atoms with Gasteiger partial charge in [-0.25, -0.2) is 4.79 Å². The number of nitrogens with one attached hydrogen (secondary N) is 1. The van der Waals surface area contributed by atoms with Crippen molar-refractivity contribution in [2.45, 2.75) is 136 Å². The van der Waals surface area contributed by atoms with Gasteiger partial charge in [0.2, 0.25) is 5.91 Å². The summed E-state index contributed by atoms with van der Waals surface area (Å²) in [6.07, 6.45) is 14.8. The molecule has 0 unspecified atom stereocenters. The number of hydrogen-bond donors (Lipinski definition) is 1. The Bertz CT molecular complexity index is 872. The first kappa shape index (κ1) is 42.4. The van der Waals surface area contributed by atoms with Crippen molar-refractivity contribution in [2.24, 2.45) is 5.92 Å². The molecule has 0 bridgehead atoms. The molecule has 0 rings (SSSR count). The van der Waals surface area contributed by atoms with E-state index < -0.39 is 41.4 Å². The lowest BCUT2D eigenvalue weighted by molar-refractivity contribution is -0.157. The molecule has 45 heavy (non-hydrogen) atoms. The van der Waals surface area contributed by atoms with E-state index in [2.05, 4.69) is 18.8 Å². The first-order chi connectivity index (χ1) is 21.4. The van der Waals surface area contributed by atoms with Gasteiger partial charge in [0.1, 0.15) is 24.9 Å². The molecule has 1 amide bonds. The monoisotopic (exact) mass is 657 g/mol. The van der Waals surface area contributed by atoms with E-state index in [1.807, 2.05) is 0 Å². The van der Waals surface area contributed by atoms with Crippen LogP contribution in [0.15, 0.2) is 12.7 Å².